The molecular formula is C18H15BrN4S. The molecule has 1 aliphatic heterocycles. The third-order valence-corrected chi connectivity index (χ3v) is 5.37. The van der Waals surface area contributed by atoms with Gasteiger partial charge in [-0.3, -0.25) is 0 Å². The molecule has 120 valence electrons. The van der Waals surface area contributed by atoms with Crippen LogP contribution in [0.15, 0.2) is 41.1 Å². The van der Waals surface area contributed by atoms with Crippen molar-refractivity contribution >= 4 is 49.0 Å². The summed E-state index contributed by atoms with van der Waals surface area (Å²) in [6, 6.07) is 10.4. The third-order valence-electron chi connectivity index (χ3n) is 3.83. The van der Waals surface area contributed by atoms with Crippen molar-refractivity contribution in [1.29, 1.82) is 0 Å². The van der Waals surface area contributed by atoms with Gasteiger partial charge in [-0.05, 0) is 43.7 Å². The molecule has 0 aliphatic carbocycles. The third kappa shape index (κ3) is 3.44. The lowest BCUT2D eigenvalue weighted by molar-refractivity contribution is 0.749. The molecule has 0 saturated carbocycles. The van der Waals surface area contributed by atoms with Gasteiger partial charge in [-0.15, -0.1) is 11.3 Å². The first-order valence-corrected chi connectivity index (χ1v) is 9.41. The van der Waals surface area contributed by atoms with Crippen molar-refractivity contribution in [2.24, 2.45) is 0 Å². The minimum Gasteiger partial charge on any atom is -0.339 e. The summed E-state index contributed by atoms with van der Waals surface area (Å²) in [5.41, 5.74) is 1.91. The number of thiophene rings is 1. The summed E-state index contributed by atoms with van der Waals surface area (Å²) >= 11 is 5.12. The number of hydrogen-bond acceptors (Lipinski definition) is 5. The first-order valence-electron chi connectivity index (χ1n) is 7.80. The van der Waals surface area contributed by atoms with Crippen LogP contribution in [0.2, 0.25) is 0 Å². The van der Waals surface area contributed by atoms with Gasteiger partial charge in [0.15, 0.2) is 5.82 Å². The van der Waals surface area contributed by atoms with Crippen molar-refractivity contribution in [3.8, 4) is 11.8 Å². The van der Waals surface area contributed by atoms with E-state index in [0.29, 0.717) is 6.04 Å². The lowest BCUT2D eigenvalue weighted by atomic mass is 10.2. The van der Waals surface area contributed by atoms with Gasteiger partial charge >= 0.3 is 0 Å². The molecule has 3 heterocycles. The van der Waals surface area contributed by atoms with Crippen LogP contribution < -0.4 is 10.6 Å². The van der Waals surface area contributed by atoms with E-state index in [-0.39, 0.29) is 0 Å². The Hall–Kier alpha value is -1.94. The van der Waals surface area contributed by atoms with Crippen molar-refractivity contribution in [2.75, 3.05) is 11.9 Å². The number of rotatable bonds is 2. The molecule has 2 aromatic heterocycles. The normalized spacial score (nSPS) is 16.8. The molecule has 1 atom stereocenters. The molecule has 24 heavy (non-hydrogen) atoms. The molecule has 2 N–H and O–H groups in total. The van der Waals surface area contributed by atoms with E-state index in [9.17, 15) is 0 Å². The molecular weight excluding hydrogens is 384 g/mol. The van der Waals surface area contributed by atoms with Gasteiger partial charge in [0.1, 0.15) is 6.33 Å². The topological polar surface area (TPSA) is 49.8 Å². The van der Waals surface area contributed by atoms with Crippen molar-refractivity contribution in [2.45, 2.75) is 18.9 Å². The molecule has 0 spiro atoms. The summed E-state index contributed by atoms with van der Waals surface area (Å²) in [7, 11) is 0. The number of halogens is 1. The van der Waals surface area contributed by atoms with E-state index in [1.54, 1.807) is 17.7 Å². The highest BCUT2D eigenvalue weighted by Gasteiger charge is 2.11. The van der Waals surface area contributed by atoms with E-state index in [2.05, 4.69) is 48.4 Å². The maximum Gasteiger partial charge on any atom is 0.151 e. The SMILES string of the molecule is Brc1cccc(Nc2ncnc3cc(C#C[C@@H]4CCCN4)sc23)c1. The zero-order valence-electron chi connectivity index (χ0n) is 12.8. The number of anilines is 2. The molecule has 4 rings (SSSR count). The molecule has 0 amide bonds. The fourth-order valence-electron chi connectivity index (χ4n) is 2.67. The van der Waals surface area contributed by atoms with Crippen LogP contribution in [0.1, 0.15) is 17.7 Å². The average molecular weight is 399 g/mol. The number of benzene rings is 1. The maximum absolute atomic E-state index is 4.40. The Kier molecular flexibility index (Phi) is 4.48. The second-order valence-electron chi connectivity index (χ2n) is 5.60. The highest BCUT2D eigenvalue weighted by molar-refractivity contribution is 9.10. The van der Waals surface area contributed by atoms with Gasteiger partial charge in [-0.2, -0.15) is 0 Å². The summed E-state index contributed by atoms with van der Waals surface area (Å²) in [6.45, 7) is 1.07. The second kappa shape index (κ2) is 6.89. The monoisotopic (exact) mass is 398 g/mol. The van der Waals surface area contributed by atoms with Gasteiger partial charge in [-0.1, -0.05) is 33.8 Å². The Balaban J connectivity index is 1.64. The highest BCUT2D eigenvalue weighted by atomic mass is 79.9. The molecule has 1 fully saturated rings. The van der Waals surface area contributed by atoms with Crippen molar-refractivity contribution in [3.63, 3.8) is 0 Å². The molecule has 3 aromatic rings. The standard InChI is InChI=1S/C18H15BrN4S/c19-12-3-1-4-14(9-12)23-18-17-16(21-11-22-18)10-15(24-17)7-6-13-5-2-8-20-13/h1,3-4,9-11,13,20H,2,5,8H2,(H,21,22,23)/t13-/m0/s1. The quantitative estimate of drug-likeness (QED) is 0.631. The van der Waals surface area contributed by atoms with Crippen LogP contribution >= 0.6 is 27.3 Å². The smallest absolute Gasteiger partial charge is 0.151 e. The molecule has 1 saturated heterocycles. The van der Waals surface area contributed by atoms with E-state index in [0.717, 1.165) is 44.0 Å². The molecule has 1 aliphatic rings. The van der Waals surface area contributed by atoms with E-state index in [1.807, 2.05) is 30.3 Å². The van der Waals surface area contributed by atoms with Gasteiger partial charge in [0.25, 0.3) is 0 Å². The van der Waals surface area contributed by atoms with E-state index >= 15 is 0 Å². The molecule has 0 bridgehead atoms. The van der Waals surface area contributed by atoms with E-state index < -0.39 is 0 Å². The lowest BCUT2D eigenvalue weighted by Crippen LogP contribution is -2.18. The first kappa shape index (κ1) is 15.6. The predicted molar refractivity (Wildman–Crippen MR) is 103 cm³/mol. The molecule has 0 radical (unpaired) electrons. The molecule has 6 heteroatoms. The number of nitrogens with zero attached hydrogens (tertiary/aromatic N) is 2. The van der Waals surface area contributed by atoms with Gasteiger partial charge in [0.05, 0.1) is 21.1 Å². The van der Waals surface area contributed by atoms with Gasteiger partial charge in [-0.25, -0.2) is 9.97 Å². The second-order valence-corrected chi connectivity index (χ2v) is 7.57. The number of fused-ring (bicyclic) bond motifs is 1. The van der Waals surface area contributed by atoms with Crippen LogP contribution in [0, 0.1) is 11.8 Å². The van der Waals surface area contributed by atoms with Gasteiger partial charge in [0, 0.05) is 10.2 Å². The van der Waals surface area contributed by atoms with E-state index in [4.69, 9.17) is 0 Å². The summed E-state index contributed by atoms with van der Waals surface area (Å²) in [4.78, 5) is 9.79. The Bertz CT molecular complexity index is 935. The Labute approximate surface area is 152 Å². The summed E-state index contributed by atoms with van der Waals surface area (Å²) in [6.07, 6.45) is 3.93. The van der Waals surface area contributed by atoms with E-state index in [1.165, 1.54) is 6.42 Å². The predicted octanol–water partition coefficient (Wildman–Crippen LogP) is 4.30. The van der Waals surface area contributed by atoms with Gasteiger partial charge < -0.3 is 10.6 Å². The molecule has 4 nitrogen and oxygen atoms in total. The summed E-state index contributed by atoms with van der Waals surface area (Å²) < 4.78 is 2.06. The fraction of sp³-hybridized carbons (Fsp3) is 0.222. The van der Waals surface area contributed by atoms with Crippen molar-refractivity contribution in [3.05, 3.63) is 46.0 Å². The van der Waals surface area contributed by atoms with Crippen LogP contribution in [0.4, 0.5) is 11.5 Å². The Morgan fingerprint density at radius 2 is 2.25 bits per heavy atom. The summed E-state index contributed by atoms with van der Waals surface area (Å²) in [5, 5.41) is 6.76. The van der Waals surface area contributed by atoms with Crippen LogP contribution in [-0.4, -0.2) is 22.6 Å². The molecule has 0 unspecified atom stereocenters. The Morgan fingerprint density at radius 3 is 3.08 bits per heavy atom. The van der Waals surface area contributed by atoms with Crippen LogP contribution in [0.25, 0.3) is 10.2 Å². The van der Waals surface area contributed by atoms with Crippen LogP contribution in [0.5, 0.6) is 0 Å². The number of hydrogen-bond donors (Lipinski definition) is 2. The van der Waals surface area contributed by atoms with Crippen LogP contribution in [0.3, 0.4) is 0 Å². The minimum absolute atomic E-state index is 0.320. The van der Waals surface area contributed by atoms with Crippen LogP contribution in [-0.2, 0) is 0 Å². The Morgan fingerprint density at radius 1 is 1.29 bits per heavy atom. The zero-order valence-corrected chi connectivity index (χ0v) is 15.2. The first-order chi connectivity index (χ1) is 11.8. The largest absolute Gasteiger partial charge is 0.339 e. The lowest BCUT2D eigenvalue weighted by Gasteiger charge is -2.06. The fourth-order valence-corrected chi connectivity index (χ4v) is 3.99. The minimum atomic E-state index is 0.320. The van der Waals surface area contributed by atoms with Crippen molar-refractivity contribution < 1.29 is 0 Å². The van der Waals surface area contributed by atoms with Crippen molar-refractivity contribution in [1.82, 2.24) is 15.3 Å². The summed E-state index contributed by atoms with van der Waals surface area (Å²) in [5.74, 6) is 7.40. The maximum atomic E-state index is 4.40. The average Bonchev–Trinajstić information content (AvgIpc) is 3.23. The zero-order chi connectivity index (χ0) is 16.4. The highest BCUT2D eigenvalue weighted by Crippen LogP contribution is 2.31. The number of nitrogens with one attached hydrogen (secondary N) is 2. The number of aromatic nitrogens is 2. The van der Waals surface area contributed by atoms with Gasteiger partial charge in [0.2, 0.25) is 0 Å². The molecule has 1 aromatic carbocycles.